The zero-order valence-corrected chi connectivity index (χ0v) is 17.6. The predicted molar refractivity (Wildman–Crippen MR) is 113 cm³/mol. The zero-order valence-electron chi connectivity index (χ0n) is 15.2. The number of hydrogen-bond acceptors (Lipinski definition) is 3. The molecular formula is C20H22Cl2N2O2S. The van der Waals surface area contributed by atoms with Crippen LogP contribution in [0.5, 0.6) is 0 Å². The quantitative estimate of drug-likeness (QED) is 0.683. The molecule has 0 aromatic heterocycles. The number of hydrogen-bond donors (Lipinski definition) is 1. The summed E-state index contributed by atoms with van der Waals surface area (Å²) in [7, 11) is 1.55. The lowest BCUT2D eigenvalue weighted by molar-refractivity contribution is -0.138. The van der Waals surface area contributed by atoms with E-state index in [0.29, 0.717) is 15.6 Å². The molecule has 0 bridgehead atoms. The third kappa shape index (κ3) is 6.16. The molecule has 27 heavy (non-hydrogen) atoms. The molecule has 1 atom stereocenters. The minimum absolute atomic E-state index is 0.136. The van der Waals surface area contributed by atoms with E-state index in [0.717, 1.165) is 11.3 Å². The number of benzene rings is 2. The number of thioether (sulfide) groups is 1. The second-order valence-corrected chi connectivity index (χ2v) is 7.79. The Morgan fingerprint density at radius 3 is 2.30 bits per heavy atom. The van der Waals surface area contributed by atoms with Crippen molar-refractivity contribution in [2.45, 2.75) is 25.3 Å². The lowest BCUT2D eigenvalue weighted by atomic mass is 10.1. The SMILES string of the molecule is CNC(=O)[C@@H](C)N(Cc1c(Cl)cccc1Cl)C(=O)CSCc1ccccc1. The first-order chi connectivity index (χ1) is 12.9. The van der Waals surface area contributed by atoms with Crippen LogP contribution in [0.1, 0.15) is 18.1 Å². The summed E-state index contributed by atoms with van der Waals surface area (Å²) in [5, 5.41) is 3.54. The molecule has 0 aliphatic rings. The van der Waals surface area contributed by atoms with Gasteiger partial charge in [0, 0.05) is 35.0 Å². The molecule has 0 saturated carbocycles. The lowest BCUT2D eigenvalue weighted by Crippen LogP contribution is -2.47. The van der Waals surface area contributed by atoms with Crippen LogP contribution < -0.4 is 5.32 Å². The molecule has 144 valence electrons. The number of amides is 2. The van der Waals surface area contributed by atoms with Crippen molar-refractivity contribution < 1.29 is 9.59 Å². The van der Waals surface area contributed by atoms with E-state index in [4.69, 9.17) is 23.2 Å². The summed E-state index contributed by atoms with van der Waals surface area (Å²) in [6.45, 7) is 1.88. The largest absolute Gasteiger partial charge is 0.357 e. The van der Waals surface area contributed by atoms with Crippen molar-refractivity contribution in [2.75, 3.05) is 12.8 Å². The molecule has 0 fully saturated rings. The summed E-state index contributed by atoms with van der Waals surface area (Å²) < 4.78 is 0. The van der Waals surface area contributed by atoms with Gasteiger partial charge in [-0.15, -0.1) is 11.8 Å². The summed E-state index contributed by atoms with van der Waals surface area (Å²) >= 11 is 14.0. The van der Waals surface area contributed by atoms with Crippen LogP contribution in [0.25, 0.3) is 0 Å². The average Bonchev–Trinajstić information content (AvgIpc) is 2.67. The first-order valence-corrected chi connectivity index (χ1v) is 10.4. The Labute approximate surface area is 174 Å². The Morgan fingerprint density at radius 1 is 1.07 bits per heavy atom. The topological polar surface area (TPSA) is 49.4 Å². The van der Waals surface area contributed by atoms with Crippen molar-refractivity contribution in [1.29, 1.82) is 0 Å². The number of carbonyl (C=O) groups excluding carboxylic acids is 2. The number of halogens is 2. The Bertz CT molecular complexity index is 767. The number of rotatable bonds is 8. The highest BCUT2D eigenvalue weighted by molar-refractivity contribution is 7.99. The van der Waals surface area contributed by atoms with Gasteiger partial charge in [-0.25, -0.2) is 0 Å². The molecule has 0 unspecified atom stereocenters. The molecule has 1 N–H and O–H groups in total. The van der Waals surface area contributed by atoms with Crippen LogP contribution in [0.4, 0.5) is 0 Å². The Balaban J connectivity index is 2.11. The van der Waals surface area contributed by atoms with Crippen LogP contribution >= 0.6 is 35.0 Å². The number of carbonyl (C=O) groups is 2. The minimum atomic E-state index is -0.632. The molecule has 4 nitrogen and oxygen atoms in total. The summed E-state index contributed by atoms with van der Waals surface area (Å²) in [4.78, 5) is 26.5. The van der Waals surface area contributed by atoms with Crippen LogP contribution in [0.2, 0.25) is 10.0 Å². The molecule has 2 amide bonds. The molecule has 0 radical (unpaired) electrons. The molecule has 0 heterocycles. The number of nitrogens with one attached hydrogen (secondary N) is 1. The molecule has 2 rings (SSSR count). The lowest BCUT2D eigenvalue weighted by Gasteiger charge is -2.29. The fourth-order valence-electron chi connectivity index (χ4n) is 2.56. The maximum Gasteiger partial charge on any atom is 0.242 e. The van der Waals surface area contributed by atoms with Crippen molar-refractivity contribution in [3.63, 3.8) is 0 Å². The number of nitrogens with zero attached hydrogens (tertiary/aromatic N) is 1. The van der Waals surface area contributed by atoms with Gasteiger partial charge in [-0.05, 0) is 24.6 Å². The summed E-state index contributed by atoms with van der Waals surface area (Å²) in [5.74, 6) is 0.613. The van der Waals surface area contributed by atoms with Gasteiger partial charge in [0.05, 0.1) is 5.75 Å². The van der Waals surface area contributed by atoms with Crippen molar-refractivity contribution >= 4 is 46.8 Å². The highest BCUT2D eigenvalue weighted by atomic mass is 35.5. The van der Waals surface area contributed by atoms with E-state index in [-0.39, 0.29) is 24.1 Å². The van der Waals surface area contributed by atoms with Crippen LogP contribution in [0, 0.1) is 0 Å². The van der Waals surface area contributed by atoms with Gasteiger partial charge >= 0.3 is 0 Å². The smallest absolute Gasteiger partial charge is 0.242 e. The van der Waals surface area contributed by atoms with Crippen LogP contribution in [-0.2, 0) is 21.9 Å². The highest BCUT2D eigenvalue weighted by Gasteiger charge is 2.26. The molecule has 0 spiro atoms. The molecule has 0 saturated heterocycles. The third-order valence-corrected chi connectivity index (χ3v) is 5.84. The summed E-state index contributed by atoms with van der Waals surface area (Å²) in [6.07, 6.45) is 0. The van der Waals surface area contributed by atoms with E-state index >= 15 is 0 Å². The zero-order chi connectivity index (χ0) is 19.8. The van der Waals surface area contributed by atoms with Gasteiger partial charge in [-0.3, -0.25) is 9.59 Å². The van der Waals surface area contributed by atoms with Gasteiger partial charge in [-0.2, -0.15) is 0 Å². The van der Waals surface area contributed by atoms with Crippen molar-refractivity contribution in [1.82, 2.24) is 10.2 Å². The fraction of sp³-hybridized carbons (Fsp3) is 0.300. The molecule has 0 aliphatic heterocycles. The molecule has 2 aromatic carbocycles. The first-order valence-electron chi connectivity index (χ1n) is 8.49. The summed E-state index contributed by atoms with van der Waals surface area (Å²) in [5.41, 5.74) is 1.79. The van der Waals surface area contributed by atoms with Gasteiger partial charge in [0.25, 0.3) is 0 Å². The first kappa shape index (κ1) is 21.6. The normalized spacial score (nSPS) is 11.7. The fourth-order valence-corrected chi connectivity index (χ4v) is 3.95. The van der Waals surface area contributed by atoms with Crippen LogP contribution in [0.3, 0.4) is 0 Å². The van der Waals surface area contributed by atoms with E-state index in [1.54, 1.807) is 32.2 Å². The monoisotopic (exact) mass is 424 g/mol. The highest BCUT2D eigenvalue weighted by Crippen LogP contribution is 2.27. The Hall–Kier alpha value is -1.69. The van der Waals surface area contributed by atoms with Crippen LogP contribution in [-0.4, -0.2) is 35.6 Å². The molecule has 0 aliphatic carbocycles. The molecule has 7 heteroatoms. The van der Waals surface area contributed by atoms with Crippen molar-refractivity contribution in [3.05, 3.63) is 69.7 Å². The Morgan fingerprint density at radius 2 is 1.70 bits per heavy atom. The second kappa shape index (κ2) is 10.6. The van der Waals surface area contributed by atoms with Gasteiger partial charge in [0.1, 0.15) is 6.04 Å². The standard InChI is InChI=1S/C20H22Cl2N2O2S/c1-14(20(26)23-2)24(11-16-17(21)9-6-10-18(16)22)19(25)13-27-12-15-7-4-3-5-8-15/h3-10,14H,11-13H2,1-2H3,(H,23,26)/t14-/m1/s1. The van der Waals surface area contributed by atoms with Gasteiger partial charge in [0.15, 0.2) is 0 Å². The number of likely N-dealkylation sites (N-methyl/N-ethyl adjacent to an activating group) is 1. The Kier molecular flexibility index (Phi) is 8.48. The van der Waals surface area contributed by atoms with E-state index < -0.39 is 6.04 Å². The van der Waals surface area contributed by atoms with Gasteiger partial charge < -0.3 is 10.2 Å². The van der Waals surface area contributed by atoms with E-state index in [9.17, 15) is 9.59 Å². The summed E-state index contributed by atoms with van der Waals surface area (Å²) in [6, 6.07) is 14.5. The van der Waals surface area contributed by atoms with E-state index in [2.05, 4.69) is 5.32 Å². The molecule has 2 aromatic rings. The maximum atomic E-state index is 12.9. The maximum absolute atomic E-state index is 12.9. The van der Waals surface area contributed by atoms with Crippen molar-refractivity contribution in [2.24, 2.45) is 0 Å². The van der Waals surface area contributed by atoms with E-state index in [1.807, 2.05) is 30.3 Å². The molecular weight excluding hydrogens is 403 g/mol. The van der Waals surface area contributed by atoms with E-state index in [1.165, 1.54) is 16.7 Å². The van der Waals surface area contributed by atoms with Crippen molar-refractivity contribution in [3.8, 4) is 0 Å². The van der Waals surface area contributed by atoms with Gasteiger partial charge in [-0.1, -0.05) is 59.6 Å². The predicted octanol–water partition coefficient (Wildman–Crippen LogP) is 4.39. The minimum Gasteiger partial charge on any atom is -0.357 e. The van der Waals surface area contributed by atoms with Gasteiger partial charge in [0.2, 0.25) is 11.8 Å². The second-order valence-electron chi connectivity index (χ2n) is 5.99. The average molecular weight is 425 g/mol. The van der Waals surface area contributed by atoms with Crippen LogP contribution in [0.15, 0.2) is 48.5 Å². The third-order valence-electron chi connectivity index (χ3n) is 4.14.